The van der Waals surface area contributed by atoms with Gasteiger partial charge in [-0.1, -0.05) is 72.8 Å². The van der Waals surface area contributed by atoms with Gasteiger partial charge in [-0.2, -0.15) is 0 Å². The molecule has 3 aromatic rings. The summed E-state index contributed by atoms with van der Waals surface area (Å²) in [5.74, 6) is -1.31. The van der Waals surface area contributed by atoms with Crippen LogP contribution in [-0.4, -0.2) is 53.0 Å². The monoisotopic (exact) mass is 589 g/mol. The van der Waals surface area contributed by atoms with Crippen LogP contribution < -0.4 is 11.1 Å². The zero-order valence-corrected chi connectivity index (χ0v) is 25.5. The molecule has 43 heavy (non-hydrogen) atoms. The molecule has 0 aliphatic rings. The molecule has 0 fully saturated rings. The second-order valence-electron chi connectivity index (χ2n) is 11.6. The van der Waals surface area contributed by atoms with E-state index >= 15 is 0 Å². The molecule has 3 N–H and O–H groups in total. The molecule has 2 atom stereocenters. The van der Waals surface area contributed by atoms with Crippen molar-refractivity contribution < 1.29 is 28.7 Å². The number of hydrogen-bond donors (Lipinski definition) is 2. The summed E-state index contributed by atoms with van der Waals surface area (Å²) < 4.78 is 10.8. The fourth-order valence-corrected chi connectivity index (χ4v) is 4.92. The SMILES string of the molecule is CCN(C(=O)[C@H](CCCC(=O)OCc1ccccc1)NC(=O)OC(C)(C)C)[C@H](CC(N)=O)Cc1ccc2ccccc2c1. The van der Waals surface area contributed by atoms with Gasteiger partial charge in [0.1, 0.15) is 18.2 Å². The first kappa shape index (κ1) is 33.1. The largest absolute Gasteiger partial charge is 0.461 e. The highest BCUT2D eigenvalue weighted by molar-refractivity contribution is 5.87. The number of nitrogens with two attached hydrogens (primary N) is 1. The summed E-state index contributed by atoms with van der Waals surface area (Å²) in [6.07, 6.45) is 0.155. The lowest BCUT2D eigenvalue weighted by Crippen LogP contribution is -2.53. The Morgan fingerprint density at radius 2 is 1.58 bits per heavy atom. The number of amides is 3. The number of fused-ring (bicyclic) bond motifs is 1. The summed E-state index contributed by atoms with van der Waals surface area (Å²) in [6, 6.07) is 21.8. The zero-order valence-electron chi connectivity index (χ0n) is 25.5. The minimum Gasteiger partial charge on any atom is -0.461 e. The quantitative estimate of drug-likeness (QED) is 0.246. The summed E-state index contributed by atoms with van der Waals surface area (Å²) in [5.41, 5.74) is 6.68. The van der Waals surface area contributed by atoms with Gasteiger partial charge >= 0.3 is 12.1 Å². The second-order valence-corrected chi connectivity index (χ2v) is 11.6. The number of hydrogen-bond acceptors (Lipinski definition) is 6. The lowest BCUT2D eigenvalue weighted by molar-refractivity contribution is -0.145. The Morgan fingerprint density at radius 1 is 0.907 bits per heavy atom. The molecule has 0 aliphatic carbocycles. The molecule has 0 unspecified atom stereocenters. The van der Waals surface area contributed by atoms with Crippen LogP contribution in [0.25, 0.3) is 10.8 Å². The van der Waals surface area contributed by atoms with Crippen molar-refractivity contribution in [2.45, 2.75) is 84.1 Å². The summed E-state index contributed by atoms with van der Waals surface area (Å²) >= 11 is 0. The number of alkyl carbamates (subject to hydrolysis) is 1. The van der Waals surface area contributed by atoms with Crippen molar-refractivity contribution in [2.24, 2.45) is 5.73 Å². The molecule has 3 amide bonds. The molecule has 3 aromatic carbocycles. The third kappa shape index (κ3) is 11.1. The summed E-state index contributed by atoms with van der Waals surface area (Å²) in [5, 5.41) is 4.83. The average molecular weight is 590 g/mol. The topological polar surface area (TPSA) is 128 Å². The third-order valence-corrected chi connectivity index (χ3v) is 6.89. The predicted molar refractivity (Wildman–Crippen MR) is 166 cm³/mol. The number of primary amides is 1. The van der Waals surface area contributed by atoms with Crippen LogP contribution in [-0.2, 0) is 36.9 Å². The molecule has 3 rings (SSSR count). The van der Waals surface area contributed by atoms with Gasteiger partial charge in [-0.3, -0.25) is 14.4 Å². The second kappa shape index (κ2) is 15.7. The van der Waals surface area contributed by atoms with Gasteiger partial charge in [-0.25, -0.2) is 4.79 Å². The van der Waals surface area contributed by atoms with Crippen molar-refractivity contribution in [1.82, 2.24) is 10.2 Å². The van der Waals surface area contributed by atoms with E-state index in [4.69, 9.17) is 15.2 Å². The maximum absolute atomic E-state index is 14.0. The van der Waals surface area contributed by atoms with Crippen molar-refractivity contribution in [3.8, 4) is 0 Å². The molecule has 9 nitrogen and oxygen atoms in total. The first-order chi connectivity index (χ1) is 20.4. The predicted octanol–water partition coefficient (Wildman–Crippen LogP) is 5.28. The smallest absolute Gasteiger partial charge is 0.408 e. The van der Waals surface area contributed by atoms with Gasteiger partial charge in [-0.15, -0.1) is 0 Å². The van der Waals surface area contributed by atoms with Crippen molar-refractivity contribution in [2.75, 3.05) is 6.54 Å². The normalized spacial score (nSPS) is 12.7. The Morgan fingerprint density at radius 3 is 2.23 bits per heavy atom. The Balaban J connectivity index is 1.75. The van der Waals surface area contributed by atoms with E-state index in [1.54, 1.807) is 25.7 Å². The fourth-order valence-electron chi connectivity index (χ4n) is 4.92. The van der Waals surface area contributed by atoms with Crippen LogP contribution in [0.3, 0.4) is 0 Å². The van der Waals surface area contributed by atoms with Crippen molar-refractivity contribution in [3.05, 3.63) is 83.9 Å². The lowest BCUT2D eigenvalue weighted by atomic mass is 9.97. The van der Waals surface area contributed by atoms with Crippen LogP contribution in [0.4, 0.5) is 4.79 Å². The Bertz CT molecular complexity index is 1390. The van der Waals surface area contributed by atoms with E-state index in [2.05, 4.69) is 5.32 Å². The van der Waals surface area contributed by atoms with Crippen LogP contribution in [0.1, 0.15) is 64.5 Å². The van der Waals surface area contributed by atoms with Crippen molar-refractivity contribution in [3.63, 3.8) is 0 Å². The van der Waals surface area contributed by atoms with E-state index in [0.29, 0.717) is 12.8 Å². The molecule has 0 heterocycles. The molecule has 0 saturated carbocycles. The molecule has 0 saturated heterocycles. The Hall–Kier alpha value is -4.40. The van der Waals surface area contributed by atoms with Gasteiger partial charge < -0.3 is 25.4 Å². The van der Waals surface area contributed by atoms with Gasteiger partial charge in [0.25, 0.3) is 0 Å². The molecule has 0 bridgehead atoms. The van der Waals surface area contributed by atoms with E-state index in [-0.39, 0.29) is 38.3 Å². The summed E-state index contributed by atoms with van der Waals surface area (Å²) in [4.78, 5) is 52.8. The number of carbonyl (C=O) groups is 4. The van der Waals surface area contributed by atoms with Crippen molar-refractivity contribution in [1.29, 1.82) is 0 Å². The maximum Gasteiger partial charge on any atom is 0.408 e. The molecule has 0 spiro atoms. The highest BCUT2D eigenvalue weighted by atomic mass is 16.6. The Labute approximate surface area is 253 Å². The first-order valence-corrected chi connectivity index (χ1v) is 14.7. The van der Waals surface area contributed by atoms with Crippen LogP contribution in [0, 0.1) is 0 Å². The summed E-state index contributed by atoms with van der Waals surface area (Å²) in [7, 11) is 0. The van der Waals surface area contributed by atoms with E-state index < -0.39 is 35.7 Å². The minimum absolute atomic E-state index is 0.0443. The van der Waals surface area contributed by atoms with Crippen LogP contribution in [0.2, 0.25) is 0 Å². The number of nitrogens with one attached hydrogen (secondary N) is 1. The molecule has 0 aromatic heterocycles. The van der Waals surface area contributed by atoms with Crippen LogP contribution in [0.5, 0.6) is 0 Å². The number of esters is 1. The molecule has 9 heteroatoms. The van der Waals surface area contributed by atoms with E-state index in [9.17, 15) is 19.2 Å². The van der Waals surface area contributed by atoms with Gasteiger partial charge in [0, 0.05) is 25.4 Å². The van der Waals surface area contributed by atoms with Gasteiger partial charge in [0.05, 0.1) is 0 Å². The zero-order chi connectivity index (χ0) is 31.4. The third-order valence-electron chi connectivity index (χ3n) is 6.89. The molecule has 230 valence electrons. The molecule has 0 radical (unpaired) electrons. The highest BCUT2D eigenvalue weighted by Crippen LogP contribution is 2.21. The van der Waals surface area contributed by atoms with Gasteiger partial charge in [0.2, 0.25) is 11.8 Å². The molecular weight excluding hydrogens is 546 g/mol. The van der Waals surface area contributed by atoms with E-state index in [0.717, 1.165) is 21.9 Å². The lowest BCUT2D eigenvalue weighted by Gasteiger charge is -2.34. The van der Waals surface area contributed by atoms with E-state index in [1.165, 1.54) is 0 Å². The van der Waals surface area contributed by atoms with Crippen molar-refractivity contribution >= 4 is 34.6 Å². The standard InChI is InChI=1S/C34H43N3O6/c1-5-37(28(22-30(35)38)21-25-18-19-26-14-9-10-15-27(26)20-25)32(40)29(36-33(41)43-34(2,3)4)16-11-17-31(39)42-23-24-12-7-6-8-13-24/h6-10,12-15,18-20,28-29H,5,11,16-17,21-23H2,1-4H3,(H2,35,38)(H,36,41)/t28-,29-/m0/s1. The Kier molecular flexibility index (Phi) is 12.1. The maximum atomic E-state index is 14.0. The van der Waals surface area contributed by atoms with Gasteiger partial charge in [-0.05, 0) is 68.9 Å². The van der Waals surface area contributed by atoms with Gasteiger partial charge in [0.15, 0.2) is 0 Å². The number of carbonyl (C=O) groups excluding carboxylic acids is 4. The van der Waals surface area contributed by atoms with Crippen LogP contribution in [0.15, 0.2) is 72.8 Å². The van der Waals surface area contributed by atoms with E-state index in [1.807, 2.05) is 79.7 Å². The number of benzene rings is 3. The molecular formula is C34H43N3O6. The number of ether oxygens (including phenoxy) is 2. The first-order valence-electron chi connectivity index (χ1n) is 14.7. The number of rotatable bonds is 14. The fraction of sp³-hybridized carbons (Fsp3) is 0.412. The minimum atomic E-state index is -0.983. The summed E-state index contributed by atoms with van der Waals surface area (Å²) in [6.45, 7) is 7.46. The highest BCUT2D eigenvalue weighted by Gasteiger charge is 2.32. The van der Waals surface area contributed by atoms with Crippen LogP contribution >= 0.6 is 0 Å². The number of nitrogens with zero attached hydrogens (tertiary/aromatic N) is 1. The molecule has 0 aliphatic heterocycles. The number of likely N-dealkylation sites (N-methyl/N-ethyl adjacent to an activating group) is 1. The average Bonchev–Trinajstić information content (AvgIpc) is 2.95.